The zero-order valence-corrected chi connectivity index (χ0v) is 12.7. The van der Waals surface area contributed by atoms with Crippen LogP contribution in [-0.4, -0.2) is 34.8 Å². The minimum atomic E-state index is 0.293. The second kappa shape index (κ2) is 9.04. The van der Waals surface area contributed by atoms with Gasteiger partial charge in [-0.25, -0.2) is 4.68 Å². The normalized spacial score (nSPS) is 14.5. The molecule has 0 aromatic carbocycles. The third-order valence-electron chi connectivity index (χ3n) is 3.35. The minimum Gasteiger partial charge on any atom is -0.382 e. The van der Waals surface area contributed by atoms with Gasteiger partial charge in [-0.1, -0.05) is 19.1 Å². The number of hydrogen-bond donors (Lipinski definition) is 1. The molecule has 0 bridgehead atoms. The SMILES string of the molecule is CCCNC(CCC(C)OC)c1cnnn1CCC. The predicted molar refractivity (Wildman–Crippen MR) is 77.1 cm³/mol. The van der Waals surface area contributed by atoms with Crippen molar-refractivity contribution in [2.24, 2.45) is 0 Å². The molecule has 1 aromatic heterocycles. The van der Waals surface area contributed by atoms with Crippen molar-refractivity contribution in [2.45, 2.75) is 65.1 Å². The zero-order chi connectivity index (χ0) is 14.1. The summed E-state index contributed by atoms with van der Waals surface area (Å²) < 4.78 is 7.35. The van der Waals surface area contributed by atoms with Crippen molar-refractivity contribution >= 4 is 0 Å². The van der Waals surface area contributed by atoms with Gasteiger partial charge in [0.1, 0.15) is 0 Å². The third kappa shape index (κ3) is 5.28. The number of nitrogens with one attached hydrogen (secondary N) is 1. The van der Waals surface area contributed by atoms with Gasteiger partial charge in [-0.3, -0.25) is 0 Å². The van der Waals surface area contributed by atoms with E-state index in [0.717, 1.165) is 38.8 Å². The van der Waals surface area contributed by atoms with Crippen LogP contribution in [0.1, 0.15) is 58.2 Å². The first-order chi connectivity index (χ1) is 9.22. The van der Waals surface area contributed by atoms with E-state index in [1.807, 2.05) is 10.9 Å². The van der Waals surface area contributed by atoms with E-state index in [4.69, 9.17) is 4.74 Å². The summed E-state index contributed by atoms with van der Waals surface area (Å²) in [5.41, 5.74) is 1.19. The van der Waals surface area contributed by atoms with Crippen molar-refractivity contribution in [3.05, 3.63) is 11.9 Å². The highest BCUT2D eigenvalue weighted by Gasteiger charge is 2.17. The van der Waals surface area contributed by atoms with Crippen LogP contribution in [0.15, 0.2) is 6.20 Å². The Balaban J connectivity index is 2.68. The van der Waals surface area contributed by atoms with Gasteiger partial charge >= 0.3 is 0 Å². The topological polar surface area (TPSA) is 52.0 Å². The van der Waals surface area contributed by atoms with Gasteiger partial charge in [0.15, 0.2) is 0 Å². The summed E-state index contributed by atoms with van der Waals surface area (Å²) in [7, 11) is 1.77. The lowest BCUT2D eigenvalue weighted by molar-refractivity contribution is 0.105. The lowest BCUT2D eigenvalue weighted by atomic mass is 10.1. The highest BCUT2D eigenvalue weighted by Crippen LogP contribution is 2.19. The van der Waals surface area contributed by atoms with Gasteiger partial charge < -0.3 is 10.1 Å². The summed E-state index contributed by atoms with van der Waals surface area (Å²) in [6.45, 7) is 8.40. The molecule has 0 aliphatic rings. The van der Waals surface area contributed by atoms with E-state index in [2.05, 4.69) is 36.4 Å². The van der Waals surface area contributed by atoms with E-state index in [9.17, 15) is 0 Å². The molecule has 0 amide bonds. The van der Waals surface area contributed by atoms with E-state index >= 15 is 0 Å². The summed E-state index contributed by atoms with van der Waals surface area (Å²) in [6.07, 6.45) is 6.47. The second-order valence-corrected chi connectivity index (χ2v) is 5.01. The Hall–Kier alpha value is -0.940. The van der Waals surface area contributed by atoms with Gasteiger partial charge in [0.05, 0.1) is 24.0 Å². The maximum atomic E-state index is 5.33. The molecule has 1 N–H and O–H groups in total. The van der Waals surface area contributed by atoms with Crippen molar-refractivity contribution in [3.8, 4) is 0 Å². The fraction of sp³-hybridized carbons (Fsp3) is 0.857. The van der Waals surface area contributed by atoms with E-state index < -0.39 is 0 Å². The largest absolute Gasteiger partial charge is 0.382 e. The maximum Gasteiger partial charge on any atom is 0.0756 e. The zero-order valence-electron chi connectivity index (χ0n) is 12.7. The lowest BCUT2D eigenvalue weighted by Gasteiger charge is -2.20. The molecule has 1 aromatic rings. The molecular formula is C14H28N4O. The van der Waals surface area contributed by atoms with E-state index in [-0.39, 0.29) is 0 Å². The van der Waals surface area contributed by atoms with Gasteiger partial charge in [0, 0.05) is 13.7 Å². The number of nitrogens with zero attached hydrogens (tertiary/aromatic N) is 3. The number of hydrogen-bond acceptors (Lipinski definition) is 4. The molecule has 0 aliphatic carbocycles. The third-order valence-corrected chi connectivity index (χ3v) is 3.35. The first-order valence-corrected chi connectivity index (χ1v) is 7.37. The average Bonchev–Trinajstić information content (AvgIpc) is 2.87. The molecule has 0 saturated heterocycles. The summed E-state index contributed by atoms with van der Waals surface area (Å²) in [4.78, 5) is 0. The van der Waals surface area contributed by atoms with E-state index in [1.54, 1.807) is 7.11 Å². The smallest absolute Gasteiger partial charge is 0.0756 e. The van der Waals surface area contributed by atoms with Crippen LogP contribution in [0.2, 0.25) is 0 Å². The van der Waals surface area contributed by atoms with Gasteiger partial charge in [-0.2, -0.15) is 0 Å². The highest BCUT2D eigenvalue weighted by atomic mass is 16.5. The van der Waals surface area contributed by atoms with Crippen molar-refractivity contribution in [1.82, 2.24) is 20.3 Å². The fourth-order valence-corrected chi connectivity index (χ4v) is 2.11. The molecule has 5 nitrogen and oxygen atoms in total. The van der Waals surface area contributed by atoms with Crippen molar-refractivity contribution in [2.75, 3.05) is 13.7 Å². The van der Waals surface area contributed by atoms with Crippen LogP contribution in [0.3, 0.4) is 0 Å². The maximum absolute atomic E-state index is 5.33. The molecule has 0 aliphatic heterocycles. The lowest BCUT2D eigenvalue weighted by Crippen LogP contribution is -2.26. The van der Waals surface area contributed by atoms with Gasteiger partial charge in [-0.05, 0) is 39.2 Å². The average molecular weight is 268 g/mol. The molecule has 1 rings (SSSR count). The molecule has 1 heterocycles. The Kier molecular flexibility index (Phi) is 7.67. The summed E-state index contributed by atoms with van der Waals surface area (Å²) in [5.74, 6) is 0. The van der Waals surface area contributed by atoms with Crippen molar-refractivity contribution in [3.63, 3.8) is 0 Å². The van der Waals surface area contributed by atoms with Gasteiger partial charge in [0.2, 0.25) is 0 Å². The molecule has 0 fully saturated rings. The Morgan fingerprint density at radius 3 is 2.74 bits per heavy atom. The Labute approximate surface area is 116 Å². The molecule has 0 radical (unpaired) electrons. The van der Waals surface area contributed by atoms with Gasteiger partial charge in [-0.15, -0.1) is 5.10 Å². The minimum absolute atomic E-state index is 0.293. The Morgan fingerprint density at radius 1 is 1.32 bits per heavy atom. The molecule has 19 heavy (non-hydrogen) atoms. The molecule has 0 saturated carbocycles. The van der Waals surface area contributed by atoms with Crippen molar-refractivity contribution < 1.29 is 4.74 Å². The first-order valence-electron chi connectivity index (χ1n) is 7.37. The fourth-order valence-electron chi connectivity index (χ4n) is 2.11. The Morgan fingerprint density at radius 2 is 2.11 bits per heavy atom. The predicted octanol–water partition coefficient (Wildman–Crippen LogP) is 2.54. The van der Waals surface area contributed by atoms with Crippen LogP contribution < -0.4 is 5.32 Å². The monoisotopic (exact) mass is 268 g/mol. The van der Waals surface area contributed by atoms with Gasteiger partial charge in [0.25, 0.3) is 0 Å². The number of aromatic nitrogens is 3. The summed E-state index contributed by atoms with van der Waals surface area (Å²) in [5, 5.41) is 11.8. The van der Waals surface area contributed by atoms with Crippen LogP contribution in [0.25, 0.3) is 0 Å². The summed E-state index contributed by atoms with van der Waals surface area (Å²) >= 11 is 0. The van der Waals surface area contributed by atoms with Crippen LogP contribution >= 0.6 is 0 Å². The Bertz CT molecular complexity index is 340. The summed E-state index contributed by atoms with van der Waals surface area (Å²) in [6, 6.07) is 0.319. The molecule has 2 unspecified atom stereocenters. The molecule has 2 atom stereocenters. The van der Waals surface area contributed by atoms with Crippen LogP contribution in [0.4, 0.5) is 0 Å². The molecule has 0 spiro atoms. The molecule has 110 valence electrons. The number of aryl methyl sites for hydroxylation is 1. The number of rotatable bonds is 10. The standard InChI is InChI=1S/C14H28N4O/c1-5-9-15-13(8-7-12(3)19-4)14-11-16-17-18(14)10-6-2/h11-13,15H,5-10H2,1-4H3. The highest BCUT2D eigenvalue weighted by molar-refractivity contribution is 5.02. The number of ether oxygens (including phenoxy) is 1. The number of methoxy groups -OCH3 is 1. The van der Waals surface area contributed by atoms with Crippen molar-refractivity contribution in [1.29, 1.82) is 0 Å². The second-order valence-electron chi connectivity index (χ2n) is 5.01. The van der Waals surface area contributed by atoms with Crippen LogP contribution in [0.5, 0.6) is 0 Å². The first kappa shape index (κ1) is 16.1. The van der Waals surface area contributed by atoms with E-state index in [0.29, 0.717) is 12.1 Å². The quantitative estimate of drug-likeness (QED) is 0.708. The van der Waals surface area contributed by atoms with E-state index in [1.165, 1.54) is 5.69 Å². The molecule has 5 heteroatoms. The molecular weight excluding hydrogens is 240 g/mol. The van der Waals surface area contributed by atoms with Crippen LogP contribution in [-0.2, 0) is 11.3 Å². The van der Waals surface area contributed by atoms with Crippen LogP contribution in [0, 0.1) is 0 Å².